The first-order chi connectivity index (χ1) is 15.2. The van der Waals surface area contributed by atoms with Crippen LogP contribution in [0.15, 0.2) is 88.4 Å². The second-order valence-electron chi connectivity index (χ2n) is 6.89. The fraction of sp³-hybridized carbons (Fsp3) is 0.120. The summed E-state index contributed by atoms with van der Waals surface area (Å²) in [5.74, 6) is 0.436. The van der Waals surface area contributed by atoms with Crippen molar-refractivity contribution in [2.24, 2.45) is 15.9 Å². The molecule has 0 bridgehead atoms. The molecule has 0 fully saturated rings. The van der Waals surface area contributed by atoms with Gasteiger partial charge >= 0.3 is 0 Å². The number of benzene rings is 2. The number of hydrogen-bond donors (Lipinski definition) is 0. The minimum Gasteiger partial charge on any atom is -0.493 e. The molecule has 31 heavy (non-hydrogen) atoms. The number of amidine groups is 1. The summed E-state index contributed by atoms with van der Waals surface area (Å²) >= 11 is 0. The second kappa shape index (κ2) is 9.06. The van der Waals surface area contributed by atoms with E-state index in [1.807, 2.05) is 36.4 Å². The van der Waals surface area contributed by atoms with Crippen molar-refractivity contribution in [2.45, 2.75) is 6.61 Å². The first-order valence-corrected chi connectivity index (χ1v) is 9.71. The molecule has 0 aromatic heterocycles. The van der Waals surface area contributed by atoms with Crippen LogP contribution in [0.4, 0.5) is 0 Å². The predicted octanol–water partition coefficient (Wildman–Crippen LogP) is 4.30. The minimum atomic E-state index is -0.477. The van der Waals surface area contributed by atoms with Gasteiger partial charge in [0, 0.05) is 0 Å². The van der Waals surface area contributed by atoms with E-state index >= 15 is 0 Å². The number of amides is 1. The van der Waals surface area contributed by atoms with Crippen molar-refractivity contribution < 1.29 is 14.3 Å². The van der Waals surface area contributed by atoms with Gasteiger partial charge in [0.05, 0.1) is 18.4 Å². The second-order valence-corrected chi connectivity index (χ2v) is 6.89. The number of allylic oxidation sites excluding steroid dienone is 3. The average Bonchev–Trinajstić information content (AvgIpc) is 2.82. The zero-order valence-electron chi connectivity index (χ0n) is 16.9. The van der Waals surface area contributed by atoms with Crippen LogP contribution in [-0.4, -0.2) is 24.6 Å². The third kappa shape index (κ3) is 4.51. The zero-order chi connectivity index (χ0) is 21.6. The highest BCUT2D eigenvalue weighted by atomic mass is 16.5. The van der Waals surface area contributed by atoms with Gasteiger partial charge in [0.1, 0.15) is 18.6 Å². The van der Waals surface area contributed by atoms with E-state index in [2.05, 4.69) is 16.1 Å². The monoisotopic (exact) mass is 409 g/mol. The minimum absolute atomic E-state index is 0.113. The molecule has 6 nitrogen and oxygen atoms in total. The molecule has 1 heterocycles. The SMILES string of the molecule is COc1cc(/C=C(\C#N)C2=NC(=O)C3C=CC=CC3=N2)ccc1OCc1ccccc1. The highest BCUT2D eigenvalue weighted by molar-refractivity contribution is 6.26. The summed E-state index contributed by atoms with van der Waals surface area (Å²) in [6, 6.07) is 17.3. The Morgan fingerprint density at radius 2 is 1.97 bits per heavy atom. The maximum atomic E-state index is 12.3. The zero-order valence-corrected chi connectivity index (χ0v) is 16.9. The molecule has 1 unspecified atom stereocenters. The maximum Gasteiger partial charge on any atom is 0.260 e. The molecule has 0 saturated heterocycles. The van der Waals surface area contributed by atoms with Gasteiger partial charge in [0.15, 0.2) is 17.3 Å². The number of fused-ring (bicyclic) bond motifs is 1. The van der Waals surface area contributed by atoms with Crippen LogP contribution >= 0.6 is 0 Å². The van der Waals surface area contributed by atoms with E-state index in [9.17, 15) is 10.1 Å². The normalized spacial score (nSPS) is 17.4. The number of nitrogens with zero attached hydrogens (tertiary/aromatic N) is 3. The molecule has 1 amide bonds. The van der Waals surface area contributed by atoms with Crippen LogP contribution in [0.2, 0.25) is 0 Å². The van der Waals surface area contributed by atoms with Crippen molar-refractivity contribution in [3.8, 4) is 17.6 Å². The van der Waals surface area contributed by atoms with Crippen LogP contribution < -0.4 is 9.47 Å². The molecule has 0 spiro atoms. The number of nitriles is 1. The molecule has 1 atom stereocenters. The number of hydrogen-bond acceptors (Lipinski definition) is 5. The average molecular weight is 409 g/mol. The quantitative estimate of drug-likeness (QED) is 0.666. The summed E-state index contributed by atoms with van der Waals surface area (Å²) in [7, 11) is 1.56. The van der Waals surface area contributed by atoms with E-state index in [-0.39, 0.29) is 17.3 Å². The lowest BCUT2D eigenvalue weighted by Gasteiger charge is -2.17. The molecule has 0 saturated carbocycles. The van der Waals surface area contributed by atoms with Crippen LogP contribution in [0.3, 0.4) is 0 Å². The fourth-order valence-electron chi connectivity index (χ4n) is 3.23. The first kappa shape index (κ1) is 20.0. The van der Waals surface area contributed by atoms with E-state index in [1.165, 1.54) is 0 Å². The van der Waals surface area contributed by atoms with Crippen LogP contribution in [0, 0.1) is 17.2 Å². The summed E-state index contributed by atoms with van der Waals surface area (Å²) in [6.07, 6.45) is 8.73. The van der Waals surface area contributed by atoms with Gasteiger partial charge in [-0.05, 0) is 35.4 Å². The van der Waals surface area contributed by atoms with Crippen LogP contribution in [0.25, 0.3) is 6.08 Å². The van der Waals surface area contributed by atoms with Crippen LogP contribution in [-0.2, 0) is 11.4 Å². The molecule has 0 radical (unpaired) electrons. The Morgan fingerprint density at radius 3 is 2.74 bits per heavy atom. The summed E-state index contributed by atoms with van der Waals surface area (Å²) in [5.41, 5.74) is 2.53. The maximum absolute atomic E-state index is 12.3. The van der Waals surface area contributed by atoms with E-state index in [0.717, 1.165) is 5.56 Å². The highest BCUT2D eigenvalue weighted by Crippen LogP contribution is 2.30. The fourth-order valence-corrected chi connectivity index (χ4v) is 3.23. The molecule has 2 aliphatic rings. The summed E-state index contributed by atoms with van der Waals surface area (Å²) in [5, 5.41) is 9.65. The van der Waals surface area contributed by atoms with Crippen LogP contribution in [0.1, 0.15) is 11.1 Å². The topological polar surface area (TPSA) is 84.0 Å². The Bertz CT molecular complexity index is 1200. The number of methoxy groups -OCH3 is 1. The predicted molar refractivity (Wildman–Crippen MR) is 119 cm³/mol. The summed E-state index contributed by atoms with van der Waals surface area (Å²) in [6.45, 7) is 0.412. The van der Waals surface area contributed by atoms with E-state index < -0.39 is 5.92 Å². The standard InChI is InChI=1S/C25H19N3O3/c1-30-23-14-18(11-12-22(23)31-16-17-7-3-2-4-8-17)13-19(15-26)24-27-21-10-6-5-9-20(21)25(29)28-24/h2-14,20H,16H2,1H3/b19-13+. The van der Waals surface area contributed by atoms with Crippen molar-refractivity contribution >= 4 is 23.5 Å². The molecule has 1 aliphatic heterocycles. The Kier molecular flexibility index (Phi) is 5.86. The van der Waals surface area contributed by atoms with Gasteiger partial charge in [-0.2, -0.15) is 10.3 Å². The van der Waals surface area contributed by atoms with Crippen molar-refractivity contribution in [1.29, 1.82) is 5.26 Å². The van der Waals surface area contributed by atoms with Gasteiger partial charge in [-0.1, -0.05) is 54.6 Å². The lowest BCUT2D eigenvalue weighted by Crippen LogP contribution is -2.27. The van der Waals surface area contributed by atoms with E-state index in [4.69, 9.17) is 9.47 Å². The number of carbonyl (C=O) groups is 1. The van der Waals surface area contributed by atoms with Gasteiger partial charge < -0.3 is 9.47 Å². The molecular weight excluding hydrogens is 390 g/mol. The number of aliphatic imine (C=N–C) groups is 2. The molecule has 6 heteroatoms. The van der Waals surface area contributed by atoms with Crippen molar-refractivity contribution in [1.82, 2.24) is 0 Å². The smallest absolute Gasteiger partial charge is 0.260 e. The van der Waals surface area contributed by atoms with E-state index in [1.54, 1.807) is 49.6 Å². The van der Waals surface area contributed by atoms with Crippen LogP contribution in [0.5, 0.6) is 11.5 Å². The summed E-state index contributed by atoms with van der Waals surface area (Å²) in [4.78, 5) is 20.7. The van der Waals surface area contributed by atoms with Crippen molar-refractivity contribution in [3.63, 3.8) is 0 Å². The Morgan fingerprint density at radius 1 is 1.13 bits per heavy atom. The van der Waals surface area contributed by atoms with Crippen molar-refractivity contribution in [3.05, 3.63) is 89.5 Å². The molecule has 2 aromatic rings. The highest BCUT2D eigenvalue weighted by Gasteiger charge is 2.27. The largest absolute Gasteiger partial charge is 0.493 e. The Hall–Kier alpha value is -4.24. The van der Waals surface area contributed by atoms with E-state index in [0.29, 0.717) is 29.4 Å². The summed E-state index contributed by atoms with van der Waals surface area (Å²) < 4.78 is 11.3. The third-order valence-corrected chi connectivity index (χ3v) is 4.81. The lowest BCUT2D eigenvalue weighted by molar-refractivity contribution is -0.118. The Labute approximate surface area is 180 Å². The van der Waals surface area contributed by atoms with Gasteiger partial charge in [0.2, 0.25) is 0 Å². The van der Waals surface area contributed by atoms with Gasteiger partial charge in [-0.15, -0.1) is 0 Å². The molecule has 1 aliphatic carbocycles. The van der Waals surface area contributed by atoms with Gasteiger partial charge in [-0.3, -0.25) is 4.79 Å². The van der Waals surface area contributed by atoms with Gasteiger partial charge in [-0.25, -0.2) is 4.99 Å². The lowest BCUT2D eigenvalue weighted by atomic mass is 9.96. The number of rotatable bonds is 6. The molecular formula is C25H19N3O3. The van der Waals surface area contributed by atoms with Gasteiger partial charge in [0.25, 0.3) is 5.91 Å². The number of carbonyl (C=O) groups excluding carboxylic acids is 1. The molecule has 2 aromatic carbocycles. The molecule has 4 rings (SSSR count). The molecule has 0 N–H and O–H groups in total. The van der Waals surface area contributed by atoms with Crippen molar-refractivity contribution in [2.75, 3.05) is 7.11 Å². The first-order valence-electron chi connectivity index (χ1n) is 9.71. The third-order valence-electron chi connectivity index (χ3n) is 4.81. The Balaban J connectivity index is 1.58. The molecule has 152 valence electrons. The number of ether oxygens (including phenoxy) is 2.